The van der Waals surface area contributed by atoms with Crippen molar-refractivity contribution >= 4 is 5.91 Å². The van der Waals surface area contributed by atoms with Crippen molar-refractivity contribution in [3.8, 4) is 0 Å². The standard InChI is InChI=1S/C10H14.C7H15NO2/c1-3-9(2)10-7-5-4-6-8-10;1-3-7(10)8(4-2)5-6-9/h4-9H,3H2,1-2H3;9H,3-6H2,1-2H3. The van der Waals surface area contributed by atoms with Crippen molar-refractivity contribution in [1.29, 1.82) is 0 Å². The fourth-order valence-corrected chi connectivity index (χ4v) is 1.82. The number of hydrogen-bond donors (Lipinski definition) is 1. The highest BCUT2D eigenvalue weighted by Gasteiger charge is 2.06. The van der Waals surface area contributed by atoms with Gasteiger partial charge in [0.25, 0.3) is 0 Å². The minimum absolute atomic E-state index is 0.0551. The summed E-state index contributed by atoms with van der Waals surface area (Å²) in [6.07, 6.45) is 1.75. The number of rotatable bonds is 6. The molecule has 0 saturated heterocycles. The molecule has 1 rings (SSSR count). The van der Waals surface area contributed by atoms with Crippen LogP contribution in [0.5, 0.6) is 0 Å². The number of hydrogen-bond acceptors (Lipinski definition) is 2. The van der Waals surface area contributed by atoms with Gasteiger partial charge in [-0.25, -0.2) is 0 Å². The molecule has 0 radical (unpaired) electrons. The third-order valence-corrected chi connectivity index (χ3v) is 3.39. The molecule has 1 aromatic rings. The summed E-state index contributed by atoms with van der Waals surface area (Å²) in [6, 6.07) is 10.6. The van der Waals surface area contributed by atoms with Gasteiger partial charge in [-0.05, 0) is 24.8 Å². The lowest BCUT2D eigenvalue weighted by molar-refractivity contribution is -0.131. The molecule has 0 aliphatic rings. The van der Waals surface area contributed by atoms with E-state index in [0.29, 0.717) is 25.4 Å². The Bertz CT molecular complexity index is 351. The lowest BCUT2D eigenvalue weighted by Gasteiger charge is -2.18. The summed E-state index contributed by atoms with van der Waals surface area (Å²) >= 11 is 0. The van der Waals surface area contributed by atoms with E-state index in [1.807, 2.05) is 13.8 Å². The van der Waals surface area contributed by atoms with Crippen molar-refractivity contribution in [2.24, 2.45) is 0 Å². The molecule has 1 N–H and O–H groups in total. The molecule has 3 nitrogen and oxygen atoms in total. The first kappa shape index (κ1) is 18.7. The molecule has 0 aromatic heterocycles. The number of amides is 1. The lowest BCUT2D eigenvalue weighted by Crippen LogP contribution is -2.32. The SMILES string of the molecule is CCC(=O)N(CC)CCO.CCC(C)c1ccccc1. The molecule has 0 aliphatic heterocycles. The van der Waals surface area contributed by atoms with Crippen molar-refractivity contribution in [3.63, 3.8) is 0 Å². The third-order valence-electron chi connectivity index (χ3n) is 3.39. The first-order valence-electron chi connectivity index (χ1n) is 7.54. The molecule has 0 heterocycles. The van der Waals surface area contributed by atoms with Crippen LogP contribution in [0.15, 0.2) is 30.3 Å². The summed E-state index contributed by atoms with van der Waals surface area (Å²) < 4.78 is 0. The predicted molar refractivity (Wildman–Crippen MR) is 84.8 cm³/mol. The second-order valence-electron chi connectivity index (χ2n) is 4.77. The van der Waals surface area contributed by atoms with Crippen molar-refractivity contribution in [2.45, 2.75) is 46.5 Å². The minimum atomic E-state index is 0.0551. The van der Waals surface area contributed by atoms with Gasteiger partial charge >= 0.3 is 0 Å². The molecule has 0 fully saturated rings. The van der Waals surface area contributed by atoms with Crippen LogP contribution in [0.25, 0.3) is 0 Å². The number of benzene rings is 1. The van der Waals surface area contributed by atoms with Crippen LogP contribution in [-0.2, 0) is 4.79 Å². The maximum absolute atomic E-state index is 10.9. The van der Waals surface area contributed by atoms with Crippen LogP contribution in [0.3, 0.4) is 0 Å². The summed E-state index contributed by atoms with van der Waals surface area (Å²) in [7, 11) is 0. The number of carbonyl (C=O) groups is 1. The normalized spacial score (nSPS) is 11.2. The highest BCUT2D eigenvalue weighted by molar-refractivity contribution is 5.75. The molecule has 1 aromatic carbocycles. The van der Waals surface area contributed by atoms with Gasteiger partial charge in [0.1, 0.15) is 0 Å². The molecule has 0 bridgehead atoms. The van der Waals surface area contributed by atoms with Crippen molar-refractivity contribution in [3.05, 3.63) is 35.9 Å². The third kappa shape index (κ3) is 7.29. The first-order chi connectivity index (χ1) is 9.60. The molecular weight excluding hydrogens is 250 g/mol. The highest BCUT2D eigenvalue weighted by atomic mass is 16.3. The van der Waals surface area contributed by atoms with Gasteiger partial charge in [0, 0.05) is 19.5 Å². The minimum Gasteiger partial charge on any atom is -0.395 e. The monoisotopic (exact) mass is 279 g/mol. The zero-order valence-electron chi connectivity index (χ0n) is 13.3. The maximum atomic E-state index is 10.9. The molecule has 1 unspecified atom stereocenters. The second kappa shape index (κ2) is 11.5. The summed E-state index contributed by atoms with van der Waals surface area (Å²) in [4.78, 5) is 12.6. The van der Waals surface area contributed by atoms with Crippen LogP contribution in [0, 0.1) is 0 Å². The smallest absolute Gasteiger partial charge is 0.222 e. The maximum Gasteiger partial charge on any atom is 0.222 e. The van der Waals surface area contributed by atoms with Crippen molar-refractivity contribution < 1.29 is 9.90 Å². The molecule has 1 amide bonds. The van der Waals surface area contributed by atoms with Crippen LogP contribution in [0.4, 0.5) is 0 Å². The van der Waals surface area contributed by atoms with E-state index in [1.54, 1.807) is 4.90 Å². The topological polar surface area (TPSA) is 40.5 Å². The van der Waals surface area contributed by atoms with E-state index in [2.05, 4.69) is 44.2 Å². The summed E-state index contributed by atoms with van der Waals surface area (Å²) in [5, 5.41) is 8.52. The van der Waals surface area contributed by atoms with Gasteiger partial charge in [-0.15, -0.1) is 0 Å². The Balaban J connectivity index is 0.000000361. The molecule has 114 valence electrons. The van der Waals surface area contributed by atoms with Gasteiger partial charge in [0.05, 0.1) is 6.61 Å². The zero-order chi connectivity index (χ0) is 15.4. The van der Waals surface area contributed by atoms with Crippen LogP contribution in [-0.4, -0.2) is 35.6 Å². The van der Waals surface area contributed by atoms with Gasteiger partial charge in [0.2, 0.25) is 5.91 Å². The van der Waals surface area contributed by atoms with Gasteiger partial charge in [-0.2, -0.15) is 0 Å². The number of carbonyl (C=O) groups excluding carboxylic acids is 1. The van der Waals surface area contributed by atoms with E-state index >= 15 is 0 Å². The van der Waals surface area contributed by atoms with Gasteiger partial charge in [0.15, 0.2) is 0 Å². The Hall–Kier alpha value is -1.35. The quantitative estimate of drug-likeness (QED) is 0.866. The summed E-state index contributed by atoms with van der Waals surface area (Å²) in [6.45, 7) is 9.41. The van der Waals surface area contributed by atoms with Crippen molar-refractivity contribution in [2.75, 3.05) is 19.7 Å². The van der Waals surface area contributed by atoms with E-state index in [1.165, 1.54) is 12.0 Å². The van der Waals surface area contributed by atoms with Gasteiger partial charge in [-0.3, -0.25) is 4.79 Å². The van der Waals surface area contributed by atoms with Crippen LogP contribution in [0.2, 0.25) is 0 Å². The highest BCUT2D eigenvalue weighted by Crippen LogP contribution is 2.16. The van der Waals surface area contributed by atoms with E-state index in [-0.39, 0.29) is 12.5 Å². The van der Waals surface area contributed by atoms with Gasteiger partial charge in [-0.1, -0.05) is 51.1 Å². The predicted octanol–water partition coefficient (Wildman–Crippen LogP) is 3.44. The van der Waals surface area contributed by atoms with Crippen LogP contribution >= 0.6 is 0 Å². The van der Waals surface area contributed by atoms with E-state index in [4.69, 9.17) is 5.11 Å². The van der Waals surface area contributed by atoms with Gasteiger partial charge < -0.3 is 10.0 Å². The van der Waals surface area contributed by atoms with Crippen molar-refractivity contribution in [1.82, 2.24) is 4.90 Å². The van der Waals surface area contributed by atoms with Crippen LogP contribution in [0.1, 0.15) is 52.0 Å². The largest absolute Gasteiger partial charge is 0.395 e. The second-order valence-corrected chi connectivity index (χ2v) is 4.77. The molecule has 0 spiro atoms. The number of likely N-dealkylation sites (N-methyl/N-ethyl adjacent to an activating group) is 1. The van der Waals surface area contributed by atoms with E-state index in [0.717, 1.165) is 0 Å². The first-order valence-corrected chi connectivity index (χ1v) is 7.54. The Morgan fingerprint density at radius 1 is 1.20 bits per heavy atom. The van der Waals surface area contributed by atoms with E-state index < -0.39 is 0 Å². The molecule has 1 atom stereocenters. The zero-order valence-corrected chi connectivity index (χ0v) is 13.3. The number of aliphatic hydroxyl groups is 1. The molecule has 0 saturated carbocycles. The summed E-state index contributed by atoms with van der Waals surface area (Å²) in [5.41, 5.74) is 1.45. The van der Waals surface area contributed by atoms with E-state index in [9.17, 15) is 4.79 Å². The number of aliphatic hydroxyl groups excluding tert-OH is 1. The molecule has 20 heavy (non-hydrogen) atoms. The fraction of sp³-hybridized carbons (Fsp3) is 0.588. The Morgan fingerprint density at radius 3 is 2.20 bits per heavy atom. The van der Waals surface area contributed by atoms with Crippen LogP contribution < -0.4 is 0 Å². The summed E-state index contributed by atoms with van der Waals surface area (Å²) in [5.74, 6) is 0.817. The lowest BCUT2D eigenvalue weighted by atomic mass is 9.99. The Kier molecular flexibility index (Phi) is 10.7. The Labute approximate surface area is 123 Å². The fourth-order valence-electron chi connectivity index (χ4n) is 1.82. The average Bonchev–Trinajstić information content (AvgIpc) is 2.52. The average molecular weight is 279 g/mol. The Morgan fingerprint density at radius 2 is 1.80 bits per heavy atom. The molecule has 0 aliphatic carbocycles. The molecular formula is C17H29NO2. The number of nitrogens with zero attached hydrogens (tertiary/aromatic N) is 1. The molecule has 3 heteroatoms.